The summed E-state index contributed by atoms with van der Waals surface area (Å²) < 4.78 is 1.73. The van der Waals surface area contributed by atoms with Gasteiger partial charge in [0.1, 0.15) is 0 Å². The molecule has 0 aliphatic carbocycles. The van der Waals surface area contributed by atoms with Gasteiger partial charge in [-0.2, -0.15) is 5.10 Å². The van der Waals surface area contributed by atoms with E-state index in [1.165, 1.54) is 0 Å². The fourth-order valence-electron chi connectivity index (χ4n) is 3.11. The summed E-state index contributed by atoms with van der Waals surface area (Å²) in [5.41, 5.74) is 3.83. The van der Waals surface area contributed by atoms with E-state index >= 15 is 0 Å². The molecule has 0 saturated heterocycles. The molecule has 3 aromatic rings. The van der Waals surface area contributed by atoms with Crippen LogP contribution in [-0.2, 0) is 13.6 Å². The molecule has 27 heavy (non-hydrogen) atoms. The number of aryl methyl sites for hydroxylation is 2. The number of aromatic nitrogens is 3. The SMILES string of the molecule is Cc1nn(C)c2nc(C(C)C)cc(C(=O)N(C)Cc3ccc(Cl)cc3Cl)c12. The van der Waals surface area contributed by atoms with E-state index in [0.717, 1.165) is 28.0 Å². The van der Waals surface area contributed by atoms with Crippen molar-refractivity contribution in [3.8, 4) is 0 Å². The monoisotopic (exact) mass is 404 g/mol. The summed E-state index contributed by atoms with van der Waals surface area (Å²) in [7, 11) is 3.61. The summed E-state index contributed by atoms with van der Waals surface area (Å²) in [6, 6.07) is 7.17. The van der Waals surface area contributed by atoms with Gasteiger partial charge in [-0.3, -0.25) is 9.48 Å². The number of hydrogen-bond acceptors (Lipinski definition) is 3. The normalized spacial score (nSPS) is 11.4. The molecule has 0 aliphatic rings. The van der Waals surface area contributed by atoms with Gasteiger partial charge >= 0.3 is 0 Å². The number of rotatable bonds is 4. The molecule has 2 aromatic heterocycles. The number of carbonyl (C=O) groups is 1. The number of amides is 1. The predicted molar refractivity (Wildman–Crippen MR) is 110 cm³/mol. The van der Waals surface area contributed by atoms with Gasteiger partial charge in [-0.1, -0.05) is 43.1 Å². The molecule has 0 radical (unpaired) electrons. The fourth-order valence-corrected chi connectivity index (χ4v) is 3.58. The first kappa shape index (κ1) is 19.6. The number of halogens is 2. The summed E-state index contributed by atoms with van der Waals surface area (Å²) >= 11 is 12.2. The van der Waals surface area contributed by atoms with Gasteiger partial charge in [-0.15, -0.1) is 0 Å². The molecule has 7 heteroatoms. The van der Waals surface area contributed by atoms with Crippen LogP contribution in [0.3, 0.4) is 0 Å². The summed E-state index contributed by atoms with van der Waals surface area (Å²) in [4.78, 5) is 19.6. The molecule has 0 bridgehead atoms. The highest BCUT2D eigenvalue weighted by atomic mass is 35.5. The number of fused-ring (bicyclic) bond motifs is 1. The highest BCUT2D eigenvalue weighted by molar-refractivity contribution is 6.35. The molecule has 2 heterocycles. The zero-order valence-corrected chi connectivity index (χ0v) is 17.6. The summed E-state index contributed by atoms with van der Waals surface area (Å²) in [6.45, 7) is 6.40. The van der Waals surface area contributed by atoms with Crippen LogP contribution >= 0.6 is 23.2 Å². The Morgan fingerprint density at radius 1 is 1.26 bits per heavy atom. The van der Waals surface area contributed by atoms with Crippen molar-refractivity contribution in [3.63, 3.8) is 0 Å². The summed E-state index contributed by atoms with van der Waals surface area (Å²) in [6.07, 6.45) is 0. The van der Waals surface area contributed by atoms with E-state index in [9.17, 15) is 4.79 Å². The smallest absolute Gasteiger partial charge is 0.254 e. The molecule has 0 saturated carbocycles. The Kier molecular flexibility index (Phi) is 5.45. The van der Waals surface area contributed by atoms with Crippen LogP contribution in [0.2, 0.25) is 10.0 Å². The van der Waals surface area contributed by atoms with Crippen LogP contribution in [-0.4, -0.2) is 32.6 Å². The van der Waals surface area contributed by atoms with Gasteiger partial charge < -0.3 is 4.90 Å². The Balaban J connectivity index is 2.03. The van der Waals surface area contributed by atoms with Crippen LogP contribution in [0.1, 0.15) is 47.1 Å². The van der Waals surface area contributed by atoms with Crippen LogP contribution in [0.25, 0.3) is 11.0 Å². The third-order valence-electron chi connectivity index (χ3n) is 4.58. The van der Waals surface area contributed by atoms with Crippen molar-refractivity contribution in [3.05, 3.63) is 56.8 Å². The fraction of sp³-hybridized carbons (Fsp3) is 0.350. The van der Waals surface area contributed by atoms with E-state index in [1.807, 2.05) is 26.1 Å². The maximum Gasteiger partial charge on any atom is 0.254 e. The molecule has 0 N–H and O–H groups in total. The molecule has 1 aromatic carbocycles. The van der Waals surface area contributed by atoms with Crippen molar-refractivity contribution in [2.24, 2.45) is 7.05 Å². The number of carbonyl (C=O) groups excluding carboxylic acids is 1. The van der Waals surface area contributed by atoms with Crippen molar-refractivity contribution in [2.45, 2.75) is 33.2 Å². The molecular weight excluding hydrogens is 383 g/mol. The van der Waals surface area contributed by atoms with Crippen molar-refractivity contribution in [1.29, 1.82) is 0 Å². The minimum atomic E-state index is -0.0913. The van der Waals surface area contributed by atoms with Gasteiger partial charge in [0.15, 0.2) is 5.65 Å². The standard InChI is InChI=1S/C20H22Cl2N4O/c1-11(2)17-9-15(18-12(3)24-26(5)19(18)23-17)20(27)25(4)10-13-6-7-14(21)8-16(13)22/h6-9,11H,10H2,1-5H3. The Labute approximate surface area is 168 Å². The van der Waals surface area contributed by atoms with Gasteiger partial charge in [-0.05, 0) is 36.6 Å². The highest BCUT2D eigenvalue weighted by Crippen LogP contribution is 2.27. The third-order valence-corrected chi connectivity index (χ3v) is 5.17. The maximum absolute atomic E-state index is 13.3. The van der Waals surface area contributed by atoms with Gasteiger partial charge in [-0.25, -0.2) is 4.98 Å². The summed E-state index contributed by atoms with van der Waals surface area (Å²) in [5.74, 6) is 0.110. The lowest BCUT2D eigenvalue weighted by molar-refractivity contribution is 0.0787. The second kappa shape index (κ2) is 7.49. The van der Waals surface area contributed by atoms with E-state index in [0.29, 0.717) is 22.2 Å². The number of nitrogens with zero attached hydrogens (tertiary/aromatic N) is 4. The molecule has 0 spiro atoms. The first-order chi connectivity index (χ1) is 12.7. The molecule has 3 rings (SSSR count). The van der Waals surface area contributed by atoms with E-state index in [1.54, 1.807) is 28.8 Å². The lowest BCUT2D eigenvalue weighted by Gasteiger charge is -2.19. The van der Waals surface area contributed by atoms with Gasteiger partial charge in [0.2, 0.25) is 0 Å². The van der Waals surface area contributed by atoms with Crippen molar-refractivity contribution in [2.75, 3.05) is 7.05 Å². The van der Waals surface area contributed by atoms with Crippen LogP contribution in [0, 0.1) is 6.92 Å². The Bertz CT molecular complexity index is 1030. The first-order valence-corrected chi connectivity index (χ1v) is 9.48. The van der Waals surface area contributed by atoms with E-state index in [4.69, 9.17) is 28.2 Å². The van der Waals surface area contributed by atoms with Crippen molar-refractivity contribution >= 4 is 40.1 Å². The van der Waals surface area contributed by atoms with Crippen LogP contribution < -0.4 is 0 Å². The lowest BCUT2D eigenvalue weighted by atomic mass is 10.0. The van der Waals surface area contributed by atoms with E-state index < -0.39 is 0 Å². The number of hydrogen-bond donors (Lipinski definition) is 0. The molecule has 5 nitrogen and oxygen atoms in total. The predicted octanol–water partition coefficient (Wildman–Crippen LogP) is 4.98. The first-order valence-electron chi connectivity index (χ1n) is 8.72. The van der Waals surface area contributed by atoms with Crippen LogP contribution in [0.15, 0.2) is 24.3 Å². The van der Waals surface area contributed by atoms with E-state index in [2.05, 4.69) is 18.9 Å². The lowest BCUT2D eigenvalue weighted by Crippen LogP contribution is -2.27. The van der Waals surface area contributed by atoms with Gasteiger partial charge in [0, 0.05) is 36.4 Å². The van der Waals surface area contributed by atoms with Crippen molar-refractivity contribution < 1.29 is 4.79 Å². The minimum absolute atomic E-state index is 0.0913. The average Bonchev–Trinajstić information content (AvgIpc) is 2.90. The second-order valence-electron chi connectivity index (χ2n) is 7.05. The molecule has 0 atom stereocenters. The molecule has 142 valence electrons. The molecule has 1 amide bonds. The number of pyridine rings is 1. The Hall–Kier alpha value is -2.11. The molecular formula is C20H22Cl2N4O. The molecule has 0 aliphatic heterocycles. The van der Waals surface area contributed by atoms with Gasteiger partial charge in [0.25, 0.3) is 5.91 Å². The maximum atomic E-state index is 13.3. The highest BCUT2D eigenvalue weighted by Gasteiger charge is 2.22. The molecule has 0 fully saturated rings. The number of benzene rings is 1. The quantitative estimate of drug-likeness (QED) is 0.615. The summed E-state index contributed by atoms with van der Waals surface area (Å²) in [5, 5.41) is 6.36. The van der Waals surface area contributed by atoms with Gasteiger partial charge in [0.05, 0.1) is 16.6 Å². The Morgan fingerprint density at radius 3 is 2.59 bits per heavy atom. The third kappa shape index (κ3) is 3.80. The minimum Gasteiger partial charge on any atom is -0.337 e. The topological polar surface area (TPSA) is 51.0 Å². The second-order valence-corrected chi connectivity index (χ2v) is 7.90. The van der Waals surface area contributed by atoms with E-state index in [-0.39, 0.29) is 11.8 Å². The van der Waals surface area contributed by atoms with Crippen LogP contribution in [0.5, 0.6) is 0 Å². The molecule has 0 unspecified atom stereocenters. The van der Waals surface area contributed by atoms with Crippen molar-refractivity contribution in [1.82, 2.24) is 19.7 Å². The zero-order valence-electron chi connectivity index (χ0n) is 16.0. The Morgan fingerprint density at radius 2 is 1.96 bits per heavy atom. The van der Waals surface area contributed by atoms with Crippen LogP contribution in [0.4, 0.5) is 0 Å². The largest absolute Gasteiger partial charge is 0.337 e. The average molecular weight is 405 g/mol. The zero-order chi connectivity index (χ0) is 19.9.